The van der Waals surface area contributed by atoms with Gasteiger partial charge in [0.2, 0.25) is 5.91 Å². The lowest BCUT2D eigenvalue weighted by Gasteiger charge is -2.42. The number of carbonyl (C=O) groups is 1. The highest BCUT2D eigenvalue weighted by molar-refractivity contribution is 5.77. The topological polar surface area (TPSA) is 63.9 Å². The van der Waals surface area contributed by atoms with Crippen LogP contribution in [0, 0.1) is 0 Å². The van der Waals surface area contributed by atoms with Gasteiger partial charge in [-0.05, 0) is 55.4 Å². The molecule has 3 fully saturated rings. The lowest BCUT2D eigenvalue weighted by molar-refractivity contribution is -0.138. The van der Waals surface area contributed by atoms with Gasteiger partial charge in [0.05, 0.1) is 6.04 Å². The number of aromatic nitrogens is 4. The van der Waals surface area contributed by atoms with Crippen molar-refractivity contribution in [3.63, 3.8) is 0 Å². The lowest BCUT2D eigenvalue weighted by Crippen LogP contribution is -2.48. The molecule has 3 aliphatic rings. The van der Waals surface area contributed by atoms with E-state index in [4.69, 9.17) is 0 Å². The number of hydrogen-bond donors (Lipinski definition) is 0. The molecule has 0 radical (unpaired) electrons. The first-order valence-corrected chi connectivity index (χ1v) is 12.4. The molecule has 29 heavy (non-hydrogen) atoms. The molecule has 0 aromatic carbocycles. The molecular weight excluding hydrogens is 362 g/mol. The number of carbonyl (C=O) groups excluding carboxylic acids is 1. The minimum atomic E-state index is 0.389. The van der Waals surface area contributed by atoms with E-state index in [1.54, 1.807) is 0 Å². The third-order valence-corrected chi connectivity index (χ3v) is 7.50. The Bertz CT molecular complexity index is 609. The summed E-state index contributed by atoms with van der Waals surface area (Å²) in [5.74, 6) is 1.37. The fourth-order valence-electron chi connectivity index (χ4n) is 5.94. The van der Waals surface area contributed by atoms with E-state index in [-0.39, 0.29) is 0 Å². The normalized spacial score (nSPS) is 22.6. The molecule has 0 aliphatic heterocycles. The maximum absolute atomic E-state index is 13.3. The molecule has 1 aromatic rings. The van der Waals surface area contributed by atoms with E-state index in [0.717, 1.165) is 18.7 Å². The Balaban J connectivity index is 1.34. The summed E-state index contributed by atoms with van der Waals surface area (Å²) in [5, 5.41) is 12.5. The molecular formula is C23H39N5O. The van der Waals surface area contributed by atoms with Crippen LogP contribution < -0.4 is 0 Å². The molecule has 0 bridgehead atoms. The van der Waals surface area contributed by atoms with Crippen LogP contribution in [0.15, 0.2) is 0 Å². The summed E-state index contributed by atoms with van der Waals surface area (Å²) in [5.41, 5.74) is 0. The van der Waals surface area contributed by atoms with Gasteiger partial charge >= 0.3 is 0 Å². The highest BCUT2D eigenvalue weighted by Gasteiger charge is 2.32. The van der Waals surface area contributed by atoms with Gasteiger partial charge in [-0.15, -0.1) is 5.10 Å². The Morgan fingerprint density at radius 1 is 0.828 bits per heavy atom. The van der Waals surface area contributed by atoms with E-state index < -0.39 is 0 Å². The average Bonchev–Trinajstić information content (AvgIpc) is 3.25. The fourth-order valence-corrected chi connectivity index (χ4v) is 5.94. The minimum Gasteiger partial charge on any atom is -0.337 e. The van der Waals surface area contributed by atoms with E-state index in [9.17, 15) is 4.79 Å². The quantitative estimate of drug-likeness (QED) is 0.645. The molecule has 3 saturated carbocycles. The first-order valence-electron chi connectivity index (χ1n) is 12.4. The van der Waals surface area contributed by atoms with Gasteiger partial charge in [0.15, 0.2) is 5.82 Å². The van der Waals surface area contributed by atoms with Gasteiger partial charge in [0.1, 0.15) is 0 Å². The molecule has 6 nitrogen and oxygen atoms in total. The number of aryl methyl sites for hydroxylation is 1. The van der Waals surface area contributed by atoms with Crippen molar-refractivity contribution < 1.29 is 4.79 Å². The third-order valence-electron chi connectivity index (χ3n) is 7.50. The summed E-state index contributed by atoms with van der Waals surface area (Å²) in [6, 6.07) is 1.45. The van der Waals surface area contributed by atoms with Crippen molar-refractivity contribution in [3.05, 3.63) is 5.82 Å². The van der Waals surface area contributed by atoms with Gasteiger partial charge in [-0.3, -0.25) is 4.79 Å². The Morgan fingerprint density at radius 2 is 1.38 bits per heavy atom. The Hall–Kier alpha value is -1.46. The minimum absolute atomic E-state index is 0.389. The standard InChI is InChI=1S/C23H39N5O/c29-23(27(19-11-4-1-5-12-19)20-13-6-2-7-14-20)18-10-17-22-24-25-26-28(22)21-15-8-3-9-16-21/h19-21H,1-18H2. The Kier molecular flexibility index (Phi) is 7.55. The Morgan fingerprint density at radius 3 is 1.97 bits per heavy atom. The number of rotatable bonds is 7. The predicted molar refractivity (Wildman–Crippen MR) is 113 cm³/mol. The SMILES string of the molecule is O=C(CCCc1nnnn1C1CCCCC1)N(C1CCCCC1)C1CCCCC1. The summed E-state index contributed by atoms with van der Waals surface area (Å²) in [6.07, 6.45) is 21.3. The van der Waals surface area contributed by atoms with Crippen LogP contribution in [0.25, 0.3) is 0 Å². The van der Waals surface area contributed by atoms with Crippen molar-refractivity contribution in [2.45, 2.75) is 134 Å². The third kappa shape index (κ3) is 5.37. The highest BCUT2D eigenvalue weighted by atomic mass is 16.2. The van der Waals surface area contributed by atoms with Gasteiger partial charge in [0, 0.05) is 24.9 Å². The van der Waals surface area contributed by atoms with E-state index in [2.05, 4.69) is 25.1 Å². The molecule has 4 rings (SSSR count). The predicted octanol–water partition coefficient (Wildman–Crippen LogP) is 5.00. The summed E-state index contributed by atoms with van der Waals surface area (Å²) in [4.78, 5) is 15.7. The zero-order valence-electron chi connectivity index (χ0n) is 18.1. The maximum atomic E-state index is 13.3. The average molecular weight is 402 g/mol. The molecule has 1 amide bonds. The van der Waals surface area contributed by atoms with Crippen molar-refractivity contribution in [2.75, 3.05) is 0 Å². The van der Waals surface area contributed by atoms with Crippen molar-refractivity contribution >= 4 is 5.91 Å². The molecule has 3 aliphatic carbocycles. The maximum Gasteiger partial charge on any atom is 0.223 e. The zero-order chi connectivity index (χ0) is 19.9. The number of amides is 1. The van der Waals surface area contributed by atoms with E-state index in [1.807, 2.05) is 0 Å². The molecule has 6 heteroatoms. The summed E-state index contributed by atoms with van der Waals surface area (Å²) < 4.78 is 2.06. The van der Waals surface area contributed by atoms with E-state index in [0.29, 0.717) is 30.5 Å². The highest BCUT2D eigenvalue weighted by Crippen LogP contribution is 2.31. The zero-order valence-corrected chi connectivity index (χ0v) is 18.1. The van der Waals surface area contributed by atoms with Gasteiger partial charge in [-0.25, -0.2) is 4.68 Å². The second-order valence-corrected chi connectivity index (χ2v) is 9.57. The van der Waals surface area contributed by atoms with Gasteiger partial charge in [0.25, 0.3) is 0 Å². The molecule has 1 heterocycles. The summed E-state index contributed by atoms with van der Waals surface area (Å²) in [7, 11) is 0. The first-order chi connectivity index (χ1) is 14.3. The lowest BCUT2D eigenvalue weighted by atomic mass is 9.88. The monoisotopic (exact) mass is 401 g/mol. The van der Waals surface area contributed by atoms with Gasteiger partial charge in [-0.1, -0.05) is 57.8 Å². The molecule has 0 saturated heterocycles. The largest absolute Gasteiger partial charge is 0.337 e. The first kappa shape index (κ1) is 20.8. The van der Waals surface area contributed by atoms with Gasteiger partial charge < -0.3 is 4.90 Å². The van der Waals surface area contributed by atoms with Crippen LogP contribution in [0.1, 0.15) is 121 Å². The van der Waals surface area contributed by atoms with Crippen LogP contribution in [-0.4, -0.2) is 43.1 Å². The van der Waals surface area contributed by atoms with E-state index in [1.165, 1.54) is 96.3 Å². The summed E-state index contributed by atoms with van der Waals surface area (Å²) >= 11 is 0. The molecule has 0 spiro atoms. The molecule has 1 aromatic heterocycles. The van der Waals surface area contributed by atoms with Crippen LogP contribution >= 0.6 is 0 Å². The van der Waals surface area contributed by atoms with Crippen LogP contribution in [-0.2, 0) is 11.2 Å². The number of nitrogens with zero attached hydrogens (tertiary/aromatic N) is 5. The van der Waals surface area contributed by atoms with Crippen LogP contribution in [0.4, 0.5) is 0 Å². The van der Waals surface area contributed by atoms with Crippen molar-refractivity contribution in [2.24, 2.45) is 0 Å². The van der Waals surface area contributed by atoms with E-state index >= 15 is 0 Å². The molecule has 0 N–H and O–H groups in total. The molecule has 0 atom stereocenters. The molecule has 0 unspecified atom stereocenters. The molecule has 162 valence electrons. The smallest absolute Gasteiger partial charge is 0.223 e. The van der Waals surface area contributed by atoms with Crippen LogP contribution in [0.2, 0.25) is 0 Å². The summed E-state index contributed by atoms with van der Waals surface area (Å²) in [6.45, 7) is 0. The second kappa shape index (κ2) is 10.5. The van der Waals surface area contributed by atoms with Crippen LogP contribution in [0.5, 0.6) is 0 Å². The van der Waals surface area contributed by atoms with Crippen molar-refractivity contribution in [3.8, 4) is 0 Å². The second-order valence-electron chi connectivity index (χ2n) is 9.57. The van der Waals surface area contributed by atoms with Gasteiger partial charge in [-0.2, -0.15) is 0 Å². The number of hydrogen-bond acceptors (Lipinski definition) is 4. The fraction of sp³-hybridized carbons (Fsp3) is 0.913. The van der Waals surface area contributed by atoms with Crippen molar-refractivity contribution in [1.82, 2.24) is 25.1 Å². The number of tetrazole rings is 1. The Labute approximate surface area is 175 Å². The van der Waals surface area contributed by atoms with Crippen molar-refractivity contribution in [1.29, 1.82) is 0 Å². The van der Waals surface area contributed by atoms with Crippen LogP contribution in [0.3, 0.4) is 0 Å².